The van der Waals surface area contributed by atoms with Gasteiger partial charge in [0, 0.05) is 27.6 Å². The summed E-state index contributed by atoms with van der Waals surface area (Å²) < 4.78 is 4.91. The van der Waals surface area contributed by atoms with Gasteiger partial charge in [-0.3, -0.25) is 9.59 Å². The summed E-state index contributed by atoms with van der Waals surface area (Å²) in [5, 5.41) is 19.8. The van der Waals surface area contributed by atoms with Crippen molar-refractivity contribution < 1.29 is 24.0 Å². The van der Waals surface area contributed by atoms with Crippen LogP contribution in [0.25, 0.3) is 10.8 Å². The van der Waals surface area contributed by atoms with Gasteiger partial charge >= 0.3 is 5.97 Å². The Morgan fingerprint density at radius 1 is 0.970 bits per heavy atom. The monoisotopic (exact) mass is 461 g/mol. The van der Waals surface area contributed by atoms with E-state index in [1.165, 1.54) is 17.8 Å². The summed E-state index contributed by atoms with van der Waals surface area (Å²) in [5.41, 5.74) is 0.907. The number of benzene rings is 3. The predicted octanol–water partition coefficient (Wildman–Crippen LogP) is 4.82. The summed E-state index contributed by atoms with van der Waals surface area (Å²) in [7, 11) is 0. The van der Waals surface area contributed by atoms with Crippen LogP contribution in [0.15, 0.2) is 76.1 Å². The second-order valence-corrected chi connectivity index (χ2v) is 8.20. The maximum Gasteiger partial charge on any atom is 0.336 e. The first kappa shape index (κ1) is 22.1. The topological polar surface area (TPSA) is 122 Å². The minimum Gasteiger partial charge on any atom is -0.478 e. The van der Waals surface area contributed by atoms with Crippen molar-refractivity contribution in [2.45, 2.75) is 11.8 Å². The number of fused-ring (bicyclic) bond motifs is 1. The highest BCUT2D eigenvalue weighted by atomic mass is 32.2. The van der Waals surface area contributed by atoms with Crippen LogP contribution in [0.1, 0.15) is 26.5 Å². The third-order valence-electron chi connectivity index (χ3n) is 4.76. The lowest BCUT2D eigenvalue weighted by molar-refractivity contribution is -0.113. The molecule has 1 heterocycles. The zero-order valence-corrected chi connectivity index (χ0v) is 18.3. The Balaban J connectivity index is 1.41. The smallest absolute Gasteiger partial charge is 0.336 e. The lowest BCUT2D eigenvalue weighted by Gasteiger charge is -2.11. The standard InChI is InChI=1S/C24H19N3O5S/c1-14-12-20(27-32-14)26-21(28)13-33-17-10-8-16(9-11-17)25-23(29)18-6-2-4-15-5-3-7-19(22(15)18)24(30)31/h2-12H,13H2,1H3,(H,25,29)(H,30,31)(H,26,27,28). The van der Waals surface area contributed by atoms with Gasteiger partial charge < -0.3 is 20.3 Å². The van der Waals surface area contributed by atoms with Crippen molar-refractivity contribution in [2.75, 3.05) is 16.4 Å². The lowest BCUT2D eigenvalue weighted by atomic mass is 9.98. The molecule has 0 atom stereocenters. The molecule has 0 bridgehead atoms. The number of anilines is 2. The molecule has 0 aliphatic heterocycles. The van der Waals surface area contributed by atoms with Gasteiger partial charge in [0.15, 0.2) is 5.82 Å². The zero-order valence-electron chi connectivity index (χ0n) is 17.5. The molecule has 0 fully saturated rings. The Labute approximate surface area is 193 Å². The van der Waals surface area contributed by atoms with Gasteiger partial charge in [0.1, 0.15) is 5.76 Å². The van der Waals surface area contributed by atoms with E-state index < -0.39 is 11.9 Å². The number of thioether (sulfide) groups is 1. The molecule has 0 saturated heterocycles. The third-order valence-corrected chi connectivity index (χ3v) is 5.77. The van der Waals surface area contributed by atoms with E-state index in [0.29, 0.717) is 28.0 Å². The SMILES string of the molecule is Cc1cc(NC(=O)CSc2ccc(NC(=O)c3cccc4cccc(C(=O)O)c34)cc2)no1. The Bertz CT molecular complexity index is 1340. The van der Waals surface area contributed by atoms with E-state index >= 15 is 0 Å². The van der Waals surface area contributed by atoms with Crippen molar-refractivity contribution in [3.05, 3.63) is 83.6 Å². The van der Waals surface area contributed by atoms with Crippen LogP contribution in [-0.4, -0.2) is 33.8 Å². The number of hydrogen-bond donors (Lipinski definition) is 3. The van der Waals surface area contributed by atoms with Crippen LogP contribution in [0.5, 0.6) is 0 Å². The minimum atomic E-state index is -1.09. The van der Waals surface area contributed by atoms with E-state index in [0.717, 1.165) is 4.90 Å². The number of aromatic nitrogens is 1. The molecule has 0 radical (unpaired) electrons. The largest absolute Gasteiger partial charge is 0.478 e. The number of aromatic carboxylic acids is 1. The Morgan fingerprint density at radius 2 is 1.67 bits per heavy atom. The summed E-state index contributed by atoms with van der Waals surface area (Å²) in [5.74, 6) is -0.544. The molecule has 166 valence electrons. The normalized spacial score (nSPS) is 10.7. The van der Waals surface area contributed by atoms with Crippen LogP contribution in [-0.2, 0) is 4.79 Å². The zero-order chi connectivity index (χ0) is 23.4. The second kappa shape index (κ2) is 9.58. The maximum atomic E-state index is 12.9. The maximum absolute atomic E-state index is 12.9. The molecule has 0 saturated carbocycles. The second-order valence-electron chi connectivity index (χ2n) is 7.15. The molecular weight excluding hydrogens is 442 g/mol. The highest BCUT2D eigenvalue weighted by Gasteiger charge is 2.16. The van der Waals surface area contributed by atoms with Gasteiger partial charge in [0.05, 0.1) is 11.3 Å². The number of carboxylic acid groups (broad SMARTS) is 1. The average Bonchev–Trinajstić information content (AvgIpc) is 3.22. The molecule has 0 unspecified atom stereocenters. The summed E-state index contributed by atoms with van der Waals surface area (Å²) in [4.78, 5) is 37.4. The van der Waals surface area contributed by atoms with Gasteiger partial charge in [0.2, 0.25) is 5.91 Å². The number of carboxylic acids is 1. The van der Waals surface area contributed by atoms with E-state index in [1.54, 1.807) is 67.6 Å². The summed E-state index contributed by atoms with van der Waals surface area (Å²) in [6.45, 7) is 1.74. The minimum absolute atomic E-state index is 0.0732. The predicted molar refractivity (Wildman–Crippen MR) is 126 cm³/mol. The van der Waals surface area contributed by atoms with Crippen molar-refractivity contribution in [1.82, 2.24) is 5.16 Å². The Kier molecular flexibility index (Phi) is 6.41. The molecule has 0 aliphatic rings. The molecule has 0 aliphatic carbocycles. The molecule has 9 heteroatoms. The van der Waals surface area contributed by atoms with Crippen molar-refractivity contribution >= 4 is 51.8 Å². The first-order valence-electron chi connectivity index (χ1n) is 9.93. The first-order chi connectivity index (χ1) is 15.9. The van der Waals surface area contributed by atoms with Crippen LogP contribution < -0.4 is 10.6 Å². The Morgan fingerprint density at radius 3 is 2.30 bits per heavy atom. The number of rotatable bonds is 7. The molecule has 33 heavy (non-hydrogen) atoms. The number of amides is 2. The number of nitrogens with zero attached hydrogens (tertiary/aromatic N) is 1. The third kappa shape index (κ3) is 5.21. The van der Waals surface area contributed by atoms with Gasteiger partial charge in [-0.1, -0.05) is 29.4 Å². The van der Waals surface area contributed by atoms with Crippen molar-refractivity contribution in [3.8, 4) is 0 Å². The fourth-order valence-corrected chi connectivity index (χ4v) is 3.99. The quantitative estimate of drug-likeness (QED) is 0.337. The number of carbonyl (C=O) groups excluding carboxylic acids is 2. The van der Waals surface area contributed by atoms with Gasteiger partial charge in [-0.15, -0.1) is 11.8 Å². The van der Waals surface area contributed by atoms with E-state index in [4.69, 9.17) is 4.52 Å². The molecule has 1 aromatic heterocycles. The van der Waals surface area contributed by atoms with Gasteiger partial charge in [-0.05, 0) is 48.7 Å². The number of aryl methyl sites for hydroxylation is 1. The number of hydrogen-bond acceptors (Lipinski definition) is 6. The van der Waals surface area contributed by atoms with Gasteiger partial charge in [-0.25, -0.2) is 4.79 Å². The van der Waals surface area contributed by atoms with Crippen molar-refractivity contribution in [3.63, 3.8) is 0 Å². The average molecular weight is 461 g/mol. The summed E-state index contributed by atoms with van der Waals surface area (Å²) >= 11 is 1.34. The summed E-state index contributed by atoms with van der Waals surface area (Å²) in [6, 6.07) is 18.6. The highest BCUT2D eigenvalue weighted by molar-refractivity contribution is 8.00. The number of carbonyl (C=O) groups is 3. The molecule has 8 nitrogen and oxygen atoms in total. The first-order valence-corrected chi connectivity index (χ1v) is 10.9. The van der Waals surface area contributed by atoms with Gasteiger partial charge in [-0.2, -0.15) is 0 Å². The van der Waals surface area contributed by atoms with Crippen LogP contribution in [0, 0.1) is 6.92 Å². The van der Waals surface area contributed by atoms with E-state index in [-0.39, 0.29) is 22.8 Å². The van der Waals surface area contributed by atoms with Crippen LogP contribution in [0.4, 0.5) is 11.5 Å². The van der Waals surface area contributed by atoms with Crippen LogP contribution in [0.3, 0.4) is 0 Å². The Hall–Kier alpha value is -4.11. The van der Waals surface area contributed by atoms with Crippen LogP contribution in [0.2, 0.25) is 0 Å². The fraction of sp³-hybridized carbons (Fsp3) is 0.0833. The highest BCUT2D eigenvalue weighted by Crippen LogP contribution is 2.25. The van der Waals surface area contributed by atoms with Gasteiger partial charge in [0.25, 0.3) is 5.91 Å². The fourth-order valence-electron chi connectivity index (χ4n) is 3.29. The summed E-state index contributed by atoms with van der Waals surface area (Å²) in [6.07, 6.45) is 0. The van der Waals surface area contributed by atoms with E-state index in [9.17, 15) is 19.5 Å². The molecule has 4 aromatic rings. The molecule has 4 rings (SSSR count). The molecule has 2 amide bonds. The van der Waals surface area contributed by atoms with Crippen LogP contribution >= 0.6 is 11.8 Å². The molecule has 0 spiro atoms. The van der Waals surface area contributed by atoms with Crippen molar-refractivity contribution in [1.29, 1.82) is 0 Å². The molecular formula is C24H19N3O5S. The van der Waals surface area contributed by atoms with Crippen molar-refractivity contribution in [2.24, 2.45) is 0 Å². The van der Waals surface area contributed by atoms with E-state index in [2.05, 4.69) is 15.8 Å². The number of nitrogens with one attached hydrogen (secondary N) is 2. The molecule has 3 N–H and O–H groups in total. The lowest BCUT2D eigenvalue weighted by Crippen LogP contribution is -2.14. The van der Waals surface area contributed by atoms with E-state index in [1.807, 2.05) is 0 Å². The molecule has 3 aromatic carbocycles.